The number of hydrogen-bond donors (Lipinski definition) is 0. The van der Waals surface area contributed by atoms with Gasteiger partial charge in [0.1, 0.15) is 12.4 Å². The minimum atomic E-state index is -0.252. The summed E-state index contributed by atoms with van der Waals surface area (Å²) in [6.07, 6.45) is 0. The summed E-state index contributed by atoms with van der Waals surface area (Å²) in [6, 6.07) is 8.24. The van der Waals surface area contributed by atoms with E-state index in [0.717, 1.165) is 0 Å². The SMILES string of the molecule is CC1(c2ccccc2I)COCO1. The zero-order valence-electron chi connectivity index (χ0n) is 7.42. The van der Waals surface area contributed by atoms with E-state index in [9.17, 15) is 0 Å². The van der Waals surface area contributed by atoms with Crippen molar-refractivity contribution in [2.24, 2.45) is 0 Å². The van der Waals surface area contributed by atoms with E-state index in [0.29, 0.717) is 13.4 Å². The molecule has 1 unspecified atom stereocenters. The van der Waals surface area contributed by atoms with Crippen LogP contribution in [-0.2, 0) is 15.1 Å². The van der Waals surface area contributed by atoms with Crippen LogP contribution in [0.25, 0.3) is 0 Å². The molecule has 0 N–H and O–H groups in total. The molecule has 1 saturated heterocycles. The summed E-state index contributed by atoms with van der Waals surface area (Å²) in [5.41, 5.74) is 0.964. The second kappa shape index (κ2) is 3.55. The van der Waals surface area contributed by atoms with Crippen LogP contribution in [0.1, 0.15) is 12.5 Å². The lowest BCUT2D eigenvalue weighted by Gasteiger charge is -2.22. The average molecular weight is 290 g/mol. The summed E-state index contributed by atoms with van der Waals surface area (Å²) in [6.45, 7) is 3.12. The molecular formula is C10H11IO2. The molecule has 1 atom stereocenters. The van der Waals surface area contributed by atoms with Crippen molar-refractivity contribution in [3.8, 4) is 0 Å². The molecule has 1 aliphatic heterocycles. The van der Waals surface area contributed by atoms with Crippen molar-refractivity contribution in [1.29, 1.82) is 0 Å². The molecule has 0 radical (unpaired) electrons. The highest BCUT2D eigenvalue weighted by Crippen LogP contribution is 2.32. The van der Waals surface area contributed by atoms with E-state index in [2.05, 4.69) is 41.6 Å². The fourth-order valence-corrected chi connectivity index (χ4v) is 2.45. The smallest absolute Gasteiger partial charge is 0.148 e. The molecule has 0 aromatic heterocycles. The molecule has 3 heteroatoms. The molecule has 2 nitrogen and oxygen atoms in total. The molecule has 1 aliphatic rings. The van der Waals surface area contributed by atoms with E-state index in [1.165, 1.54) is 9.13 Å². The van der Waals surface area contributed by atoms with Crippen molar-refractivity contribution < 1.29 is 9.47 Å². The topological polar surface area (TPSA) is 18.5 Å². The number of rotatable bonds is 1. The predicted octanol–water partition coefficient (Wildman–Crippen LogP) is 2.51. The van der Waals surface area contributed by atoms with Crippen LogP contribution in [0.4, 0.5) is 0 Å². The van der Waals surface area contributed by atoms with Gasteiger partial charge in [-0.15, -0.1) is 0 Å². The lowest BCUT2D eigenvalue weighted by atomic mass is 9.97. The average Bonchev–Trinajstić information content (AvgIpc) is 2.54. The number of hydrogen-bond acceptors (Lipinski definition) is 2. The number of benzene rings is 1. The van der Waals surface area contributed by atoms with Crippen molar-refractivity contribution in [1.82, 2.24) is 0 Å². The van der Waals surface area contributed by atoms with E-state index in [-0.39, 0.29) is 5.60 Å². The Kier molecular flexibility index (Phi) is 2.58. The van der Waals surface area contributed by atoms with E-state index in [4.69, 9.17) is 9.47 Å². The number of ether oxygens (including phenoxy) is 2. The Balaban J connectivity index is 2.39. The highest BCUT2D eigenvalue weighted by Gasteiger charge is 2.34. The van der Waals surface area contributed by atoms with Crippen molar-refractivity contribution >= 4 is 22.6 Å². The third kappa shape index (κ3) is 1.73. The summed E-state index contributed by atoms with van der Waals surface area (Å²) in [5, 5.41) is 0. The van der Waals surface area contributed by atoms with Gasteiger partial charge in [-0.25, -0.2) is 0 Å². The van der Waals surface area contributed by atoms with Crippen LogP contribution < -0.4 is 0 Å². The second-order valence-electron chi connectivity index (χ2n) is 3.32. The van der Waals surface area contributed by atoms with Gasteiger partial charge in [-0.2, -0.15) is 0 Å². The molecule has 70 valence electrons. The first-order valence-electron chi connectivity index (χ1n) is 4.19. The summed E-state index contributed by atoms with van der Waals surface area (Å²) in [5.74, 6) is 0. The summed E-state index contributed by atoms with van der Waals surface area (Å²) in [7, 11) is 0. The van der Waals surface area contributed by atoms with E-state index >= 15 is 0 Å². The Morgan fingerprint density at radius 1 is 1.38 bits per heavy atom. The molecule has 0 bridgehead atoms. The third-order valence-electron chi connectivity index (χ3n) is 2.28. The fraction of sp³-hybridized carbons (Fsp3) is 0.400. The fourth-order valence-electron chi connectivity index (χ4n) is 1.50. The Morgan fingerprint density at radius 2 is 2.15 bits per heavy atom. The lowest BCUT2D eigenvalue weighted by Crippen LogP contribution is -2.25. The van der Waals surface area contributed by atoms with Gasteiger partial charge in [0, 0.05) is 3.57 Å². The quantitative estimate of drug-likeness (QED) is 0.740. The number of halogens is 1. The van der Waals surface area contributed by atoms with Crippen molar-refractivity contribution in [3.63, 3.8) is 0 Å². The van der Waals surface area contributed by atoms with Crippen LogP contribution in [0.2, 0.25) is 0 Å². The largest absolute Gasteiger partial charge is 0.352 e. The van der Waals surface area contributed by atoms with Crippen LogP contribution >= 0.6 is 22.6 Å². The van der Waals surface area contributed by atoms with Gasteiger partial charge in [0.25, 0.3) is 0 Å². The van der Waals surface area contributed by atoms with Gasteiger partial charge >= 0.3 is 0 Å². The van der Waals surface area contributed by atoms with Crippen molar-refractivity contribution in [2.45, 2.75) is 12.5 Å². The van der Waals surface area contributed by atoms with Gasteiger partial charge in [-0.05, 0) is 41.1 Å². The van der Waals surface area contributed by atoms with Gasteiger partial charge in [0.05, 0.1) is 6.61 Å². The lowest BCUT2D eigenvalue weighted by molar-refractivity contribution is -0.000868. The standard InChI is InChI=1S/C10H11IO2/c1-10(6-12-7-13-10)8-4-2-3-5-9(8)11/h2-5H,6-7H2,1H3. The Labute approximate surface area is 91.4 Å². The molecule has 0 spiro atoms. The van der Waals surface area contributed by atoms with Crippen LogP contribution in [0.3, 0.4) is 0 Å². The molecule has 1 fully saturated rings. The van der Waals surface area contributed by atoms with E-state index < -0.39 is 0 Å². The molecule has 1 aromatic carbocycles. The monoisotopic (exact) mass is 290 g/mol. The van der Waals surface area contributed by atoms with Crippen LogP contribution in [0.15, 0.2) is 24.3 Å². The van der Waals surface area contributed by atoms with Crippen LogP contribution in [-0.4, -0.2) is 13.4 Å². The minimum Gasteiger partial charge on any atom is -0.352 e. The first-order valence-corrected chi connectivity index (χ1v) is 5.27. The Hall–Kier alpha value is -0.130. The second-order valence-corrected chi connectivity index (χ2v) is 4.48. The molecule has 0 saturated carbocycles. The zero-order chi connectivity index (χ0) is 9.31. The summed E-state index contributed by atoms with van der Waals surface area (Å²) < 4.78 is 12.1. The van der Waals surface area contributed by atoms with Gasteiger partial charge in [0.2, 0.25) is 0 Å². The molecule has 13 heavy (non-hydrogen) atoms. The highest BCUT2D eigenvalue weighted by molar-refractivity contribution is 14.1. The summed E-state index contributed by atoms with van der Waals surface area (Å²) in [4.78, 5) is 0. The Morgan fingerprint density at radius 3 is 2.77 bits per heavy atom. The third-order valence-corrected chi connectivity index (χ3v) is 3.22. The van der Waals surface area contributed by atoms with Gasteiger partial charge < -0.3 is 9.47 Å². The zero-order valence-corrected chi connectivity index (χ0v) is 9.58. The maximum Gasteiger partial charge on any atom is 0.148 e. The maximum atomic E-state index is 5.58. The molecule has 2 rings (SSSR count). The van der Waals surface area contributed by atoms with Crippen molar-refractivity contribution in [3.05, 3.63) is 33.4 Å². The predicted molar refractivity (Wildman–Crippen MR) is 58.4 cm³/mol. The van der Waals surface area contributed by atoms with Gasteiger partial charge in [-0.3, -0.25) is 0 Å². The highest BCUT2D eigenvalue weighted by atomic mass is 127. The molecule has 1 heterocycles. The first-order chi connectivity index (χ1) is 6.22. The minimum absolute atomic E-state index is 0.252. The van der Waals surface area contributed by atoms with Gasteiger partial charge in [0.15, 0.2) is 0 Å². The van der Waals surface area contributed by atoms with E-state index in [1.807, 2.05) is 12.1 Å². The van der Waals surface area contributed by atoms with Crippen LogP contribution in [0, 0.1) is 3.57 Å². The normalized spacial score (nSPS) is 27.8. The molecule has 0 amide bonds. The van der Waals surface area contributed by atoms with Crippen molar-refractivity contribution in [2.75, 3.05) is 13.4 Å². The summed E-state index contributed by atoms with van der Waals surface area (Å²) >= 11 is 2.32. The molecule has 0 aliphatic carbocycles. The van der Waals surface area contributed by atoms with Gasteiger partial charge in [-0.1, -0.05) is 18.2 Å². The van der Waals surface area contributed by atoms with Crippen LogP contribution in [0.5, 0.6) is 0 Å². The first kappa shape index (κ1) is 9.43. The van der Waals surface area contributed by atoms with E-state index in [1.54, 1.807) is 0 Å². The Bertz CT molecular complexity index is 306. The molecular weight excluding hydrogens is 279 g/mol. The maximum absolute atomic E-state index is 5.58. The molecule has 1 aromatic rings.